The number of ether oxygens (including phenoxy) is 1. The molecule has 2 rings (SSSR count). The van der Waals surface area contributed by atoms with Crippen LogP contribution in [0, 0.1) is 15.5 Å². The van der Waals surface area contributed by atoms with Crippen molar-refractivity contribution in [1.82, 2.24) is 9.55 Å². The van der Waals surface area contributed by atoms with Gasteiger partial charge in [0.1, 0.15) is 6.20 Å². The molecular weight excluding hydrogens is 270 g/mol. The van der Waals surface area contributed by atoms with Gasteiger partial charge in [-0.25, -0.2) is 4.79 Å². The molecule has 0 spiro atoms. The van der Waals surface area contributed by atoms with Crippen molar-refractivity contribution >= 4 is 18.3 Å². The summed E-state index contributed by atoms with van der Waals surface area (Å²) in [5, 5.41) is 10.7. The Kier molecular flexibility index (Phi) is 4.20. The molecule has 1 aromatic rings. The first kappa shape index (κ1) is 14.0. The SMILES string of the molecule is O=c1ncc([N+](=O)[O-])cn1CC1(CS)CCOCC1. The van der Waals surface area contributed by atoms with Crippen LogP contribution in [0.25, 0.3) is 0 Å². The highest BCUT2D eigenvalue weighted by atomic mass is 32.1. The molecule has 0 saturated carbocycles. The second-order valence-corrected chi connectivity index (χ2v) is 5.07. The van der Waals surface area contributed by atoms with Crippen molar-refractivity contribution in [1.29, 1.82) is 0 Å². The summed E-state index contributed by atoms with van der Waals surface area (Å²) in [6, 6.07) is 0. The summed E-state index contributed by atoms with van der Waals surface area (Å²) in [6.07, 6.45) is 3.80. The van der Waals surface area contributed by atoms with Crippen LogP contribution in [0.15, 0.2) is 17.2 Å². The second-order valence-electron chi connectivity index (χ2n) is 4.75. The highest BCUT2D eigenvalue weighted by molar-refractivity contribution is 7.80. The van der Waals surface area contributed by atoms with Crippen LogP contribution in [0.1, 0.15) is 12.8 Å². The summed E-state index contributed by atoms with van der Waals surface area (Å²) in [4.78, 5) is 25.4. The van der Waals surface area contributed by atoms with E-state index in [0.29, 0.717) is 25.5 Å². The van der Waals surface area contributed by atoms with Crippen LogP contribution in [0.5, 0.6) is 0 Å². The second kappa shape index (κ2) is 5.70. The number of nitro groups is 1. The molecule has 19 heavy (non-hydrogen) atoms. The molecule has 0 aliphatic carbocycles. The van der Waals surface area contributed by atoms with Crippen molar-refractivity contribution in [3.05, 3.63) is 33.0 Å². The van der Waals surface area contributed by atoms with Crippen LogP contribution < -0.4 is 5.69 Å². The summed E-state index contributed by atoms with van der Waals surface area (Å²) in [5.41, 5.74) is -0.818. The molecule has 1 aliphatic heterocycles. The molecule has 1 aliphatic rings. The van der Waals surface area contributed by atoms with Gasteiger partial charge < -0.3 is 4.74 Å². The fraction of sp³-hybridized carbons (Fsp3) is 0.636. The van der Waals surface area contributed by atoms with Crippen LogP contribution in [-0.2, 0) is 11.3 Å². The van der Waals surface area contributed by atoms with Crippen LogP contribution in [-0.4, -0.2) is 33.4 Å². The van der Waals surface area contributed by atoms with E-state index >= 15 is 0 Å². The molecule has 1 aromatic heterocycles. The standard InChI is InChI=1S/C11H15N3O4S/c15-10-12-5-9(14(16)17)6-13(10)7-11(8-19)1-3-18-4-2-11/h5-6,19H,1-4,7-8H2. The minimum absolute atomic E-state index is 0.165. The van der Waals surface area contributed by atoms with Gasteiger partial charge in [-0.3, -0.25) is 14.7 Å². The first-order chi connectivity index (χ1) is 9.06. The van der Waals surface area contributed by atoms with Crippen molar-refractivity contribution in [2.45, 2.75) is 19.4 Å². The maximum atomic E-state index is 11.7. The van der Waals surface area contributed by atoms with Gasteiger partial charge in [-0.1, -0.05) is 0 Å². The number of nitrogens with zero attached hydrogens (tertiary/aromatic N) is 3. The molecule has 7 nitrogen and oxygen atoms in total. The Morgan fingerprint density at radius 3 is 2.79 bits per heavy atom. The predicted octanol–water partition coefficient (Wildman–Crippen LogP) is 0.878. The van der Waals surface area contributed by atoms with Crippen LogP contribution >= 0.6 is 12.6 Å². The molecule has 2 heterocycles. The normalized spacial score (nSPS) is 18.2. The molecule has 0 unspecified atom stereocenters. The lowest BCUT2D eigenvalue weighted by Crippen LogP contribution is -2.39. The lowest BCUT2D eigenvalue weighted by molar-refractivity contribution is -0.385. The third-order valence-corrected chi connectivity index (χ3v) is 4.12. The van der Waals surface area contributed by atoms with E-state index in [4.69, 9.17) is 4.74 Å². The van der Waals surface area contributed by atoms with Gasteiger partial charge in [0.15, 0.2) is 0 Å². The third kappa shape index (κ3) is 3.13. The van der Waals surface area contributed by atoms with Crippen molar-refractivity contribution < 1.29 is 9.66 Å². The Bertz CT molecular complexity index is 525. The Balaban J connectivity index is 2.28. The van der Waals surface area contributed by atoms with E-state index < -0.39 is 10.6 Å². The minimum atomic E-state index is -0.555. The first-order valence-electron chi connectivity index (χ1n) is 5.96. The van der Waals surface area contributed by atoms with Gasteiger partial charge in [0.05, 0.1) is 11.1 Å². The zero-order valence-corrected chi connectivity index (χ0v) is 11.2. The molecule has 0 radical (unpaired) electrons. The highest BCUT2D eigenvalue weighted by Gasteiger charge is 2.32. The zero-order valence-electron chi connectivity index (χ0n) is 10.3. The van der Waals surface area contributed by atoms with E-state index in [1.54, 1.807) is 0 Å². The number of rotatable bonds is 4. The molecule has 1 saturated heterocycles. The van der Waals surface area contributed by atoms with Gasteiger partial charge >= 0.3 is 11.4 Å². The summed E-state index contributed by atoms with van der Waals surface area (Å²) in [6.45, 7) is 1.63. The molecule has 104 valence electrons. The van der Waals surface area contributed by atoms with Gasteiger partial charge in [0.25, 0.3) is 0 Å². The number of hydrogen-bond acceptors (Lipinski definition) is 6. The lowest BCUT2D eigenvalue weighted by Gasteiger charge is -2.36. The van der Waals surface area contributed by atoms with Crippen molar-refractivity contribution in [2.75, 3.05) is 19.0 Å². The Morgan fingerprint density at radius 1 is 1.53 bits per heavy atom. The highest BCUT2D eigenvalue weighted by Crippen LogP contribution is 2.33. The van der Waals surface area contributed by atoms with Gasteiger partial charge in [-0.15, -0.1) is 0 Å². The van der Waals surface area contributed by atoms with Crippen LogP contribution in [0.4, 0.5) is 5.69 Å². The maximum Gasteiger partial charge on any atom is 0.347 e. The molecule has 0 atom stereocenters. The monoisotopic (exact) mass is 285 g/mol. The fourth-order valence-corrected chi connectivity index (χ4v) is 2.60. The topological polar surface area (TPSA) is 87.3 Å². The Morgan fingerprint density at radius 2 is 2.21 bits per heavy atom. The molecular formula is C11H15N3O4S. The van der Waals surface area contributed by atoms with E-state index in [-0.39, 0.29) is 11.1 Å². The van der Waals surface area contributed by atoms with Crippen molar-refractivity contribution in [3.63, 3.8) is 0 Å². The third-order valence-electron chi connectivity index (χ3n) is 3.45. The Hall–Kier alpha value is -1.41. The molecule has 0 bridgehead atoms. The summed E-state index contributed by atoms with van der Waals surface area (Å²) in [7, 11) is 0. The smallest absolute Gasteiger partial charge is 0.347 e. The summed E-state index contributed by atoms with van der Waals surface area (Å²) in [5.74, 6) is 0.603. The molecule has 8 heteroatoms. The van der Waals surface area contributed by atoms with E-state index in [9.17, 15) is 14.9 Å². The molecule has 0 aromatic carbocycles. The van der Waals surface area contributed by atoms with Gasteiger partial charge in [0.2, 0.25) is 0 Å². The van der Waals surface area contributed by atoms with E-state index in [0.717, 1.165) is 19.0 Å². The molecule has 1 fully saturated rings. The van der Waals surface area contributed by atoms with Crippen LogP contribution in [0.2, 0.25) is 0 Å². The lowest BCUT2D eigenvalue weighted by atomic mass is 9.82. The fourth-order valence-electron chi connectivity index (χ4n) is 2.18. The van der Waals surface area contributed by atoms with Crippen molar-refractivity contribution in [2.24, 2.45) is 5.41 Å². The van der Waals surface area contributed by atoms with E-state index in [2.05, 4.69) is 17.6 Å². The van der Waals surface area contributed by atoms with E-state index in [1.807, 2.05) is 0 Å². The average molecular weight is 285 g/mol. The largest absolute Gasteiger partial charge is 0.381 e. The number of thiol groups is 1. The number of hydrogen-bond donors (Lipinski definition) is 1. The first-order valence-corrected chi connectivity index (χ1v) is 6.59. The maximum absolute atomic E-state index is 11.7. The molecule has 0 N–H and O–H groups in total. The summed E-state index contributed by atoms with van der Waals surface area (Å²) >= 11 is 4.36. The summed E-state index contributed by atoms with van der Waals surface area (Å²) < 4.78 is 6.62. The predicted molar refractivity (Wildman–Crippen MR) is 71.5 cm³/mol. The van der Waals surface area contributed by atoms with Gasteiger partial charge in [-0.05, 0) is 18.6 Å². The quantitative estimate of drug-likeness (QED) is 0.504. The van der Waals surface area contributed by atoms with Gasteiger partial charge in [-0.2, -0.15) is 17.6 Å². The minimum Gasteiger partial charge on any atom is -0.381 e. The Labute approximate surface area is 115 Å². The van der Waals surface area contributed by atoms with Crippen molar-refractivity contribution in [3.8, 4) is 0 Å². The van der Waals surface area contributed by atoms with Crippen LogP contribution in [0.3, 0.4) is 0 Å². The zero-order chi connectivity index (χ0) is 13.9. The average Bonchev–Trinajstić information content (AvgIpc) is 2.42. The van der Waals surface area contributed by atoms with Gasteiger partial charge in [0, 0.05) is 25.2 Å². The van der Waals surface area contributed by atoms with E-state index in [1.165, 1.54) is 10.8 Å². The molecule has 0 amide bonds. The number of aromatic nitrogens is 2.